The Bertz CT molecular complexity index is 748. The fourth-order valence-corrected chi connectivity index (χ4v) is 2.74. The summed E-state index contributed by atoms with van der Waals surface area (Å²) in [5.74, 6) is -1.28. The molecule has 0 spiro atoms. The highest BCUT2D eigenvalue weighted by atomic mass is 16.6. The van der Waals surface area contributed by atoms with Crippen molar-refractivity contribution in [2.45, 2.75) is 64.1 Å². The molecular formula is C21H32N4O6. The number of ether oxygens (including phenoxy) is 1. The lowest BCUT2D eigenvalue weighted by atomic mass is 10.0. The van der Waals surface area contributed by atoms with E-state index < -0.39 is 41.7 Å². The number of primary amides is 1. The minimum atomic E-state index is -1.13. The number of hydrogen-bond acceptors (Lipinski definition) is 5. The van der Waals surface area contributed by atoms with Gasteiger partial charge < -0.3 is 31.5 Å². The molecule has 0 unspecified atom stereocenters. The molecular weight excluding hydrogens is 404 g/mol. The van der Waals surface area contributed by atoms with Gasteiger partial charge in [0.05, 0.1) is 0 Å². The molecule has 10 heteroatoms. The Morgan fingerprint density at radius 2 is 1.68 bits per heavy atom. The molecule has 0 radical (unpaired) electrons. The van der Waals surface area contributed by atoms with Crippen molar-refractivity contribution in [3.05, 3.63) is 35.9 Å². The van der Waals surface area contributed by atoms with Gasteiger partial charge in [-0.15, -0.1) is 0 Å². The van der Waals surface area contributed by atoms with Gasteiger partial charge in [-0.05, 0) is 45.6 Å². The molecule has 0 aliphatic carbocycles. The van der Waals surface area contributed by atoms with E-state index in [9.17, 15) is 19.2 Å². The lowest BCUT2D eigenvalue weighted by Crippen LogP contribution is -2.54. The van der Waals surface area contributed by atoms with Crippen molar-refractivity contribution in [2.75, 3.05) is 6.54 Å². The van der Waals surface area contributed by atoms with Crippen LogP contribution in [0.15, 0.2) is 30.3 Å². The first-order valence-corrected chi connectivity index (χ1v) is 10.1. The fraction of sp³-hybridized carbons (Fsp3) is 0.524. The summed E-state index contributed by atoms with van der Waals surface area (Å²) in [6.07, 6.45) is -0.491. The maximum absolute atomic E-state index is 12.9. The molecule has 0 heterocycles. The van der Waals surface area contributed by atoms with Crippen molar-refractivity contribution in [2.24, 2.45) is 5.73 Å². The number of amides is 4. The lowest BCUT2D eigenvalue weighted by molar-refractivity contribution is -0.128. The average Bonchev–Trinajstić information content (AvgIpc) is 2.65. The Kier molecular flexibility index (Phi) is 10.3. The number of nitrogens with one attached hydrogen (secondary N) is 3. The number of carbonyl (C=O) groups excluding carboxylic acids is 3. The van der Waals surface area contributed by atoms with Crippen molar-refractivity contribution >= 4 is 24.0 Å². The summed E-state index contributed by atoms with van der Waals surface area (Å²) in [5, 5.41) is 15.9. The van der Waals surface area contributed by atoms with Gasteiger partial charge in [0.2, 0.25) is 11.8 Å². The van der Waals surface area contributed by atoms with Crippen LogP contribution in [0.2, 0.25) is 0 Å². The predicted octanol–water partition coefficient (Wildman–Crippen LogP) is 1.53. The molecule has 0 saturated carbocycles. The molecule has 6 N–H and O–H groups in total. The Morgan fingerprint density at radius 1 is 1.03 bits per heavy atom. The van der Waals surface area contributed by atoms with Crippen molar-refractivity contribution in [1.29, 1.82) is 0 Å². The van der Waals surface area contributed by atoms with Gasteiger partial charge in [0.15, 0.2) is 0 Å². The Morgan fingerprint density at radius 3 is 2.23 bits per heavy atom. The average molecular weight is 437 g/mol. The summed E-state index contributed by atoms with van der Waals surface area (Å²) >= 11 is 0. The minimum absolute atomic E-state index is 0.194. The van der Waals surface area contributed by atoms with Crippen LogP contribution >= 0.6 is 0 Å². The number of benzene rings is 1. The third-order valence-electron chi connectivity index (χ3n) is 4.15. The lowest BCUT2D eigenvalue weighted by Gasteiger charge is -2.25. The largest absolute Gasteiger partial charge is 0.465 e. The van der Waals surface area contributed by atoms with Gasteiger partial charge >= 0.3 is 12.2 Å². The van der Waals surface area contributed by atoms with E-state index in [0.29, 0.717) is 12.8 Å². The van der Waals surface area contributed by atoms with E-state index in [1.165, 1.54) is 0 Å². The standard InChI is InChI=1S/C21H32N4O6/c1-21(2,3)31-20(30)25-16(13-14-9-5-4-6-10-14)18(27)24-15(17(22)26)11-7-8-12-23-19(28)29/h4-6,9-10,15-16,23H,7-8,11-13H2,1-3H3,(H2,22,26)(H,24,27)(H,25,30)(H,28,29)/t15-,16-/m0/s1. The van der Waals surface area contributed by atoms with Gasteiger partial charge in [-0.3, -0.25) is 9.59 Å². The third kappa shape index (κ3) is 11.5. The number of nitrogens with two attached hydrogens (primary N) is 1. The van der Waals surface area contributed by atoms with Gasteiger partial charge in [-0.25, -0.2) is 9.59 Å². The van der Waals surface area contributed by atoms with E-state index in [2.05, 4.69) is 16.0 Å². The first-order valence-electron chi connectivity index (χ1n) is 10.1. The topological polar surface area (TPSA) is 160 Å². The van der Waals surface area contributed by atoms with E-state index >= 15 is 0 Å². The molecule has 0 aliphatic rings. The summed E-state index contributed by atoms with van der Waals surface area (Å²) in [7, 11) is 0. The number of rotatable bonds is 11. The van der Waals surface area contributed by atoms with Gasteiger partial charge in [0.25, 0.3) is 0 Å². The van der Waals surface area contributed by atoms with Crippen molar-refractivity contribution in [3.8, 4) is 0 Å². The molecule has 0 bridgehead atoms. The van der Waals surface area contributed by atoms with Crippen LogP contribution in [-0.2, 0) is 20.7 Å². The summed E-state index contributed by atoms with van der Waals surface area (Å²) in [4.78, 5) is 47.3. The summed E-state index contributed by atoms with van der Waals surface area (Å²) in [6, 6.07) is 7.17. The van der Waals surface area contributed by atoms with Gasteiger partial charge in [-0.1, -0.05) is 30.3 Å². The van der Waals surface area contributed by atoms with Crippen LogP contribution in [0.5, 0.6) is 0 Å². The fourth-order valence-electron chi connectivity index (χ4n) is 2.74. The third-order valence-corrected chi connectivity index (χ3v) is 4.15. The number of unbranched alkanes of at least 4 members (excludes halogenated alkanes) is 1. The number of carbonyl (C=O) groups is 4. The highest BCUT2D eigenvalue weighted by molar-refractivity contribution is 5.90. The van der Waals surface area contributed by atoms with Gasteiger partial charge in [-0.2, -0.15) is 0 Å². The smallest absolute Gasteiger partial charge is 0.408 e. The second kappa shape index (κ2) is 12.4. The highest BCUT2D eigenvalue weighted by Crippen LogP contribution is 2.09. The second-order valence-electron chi connectivity index (χ2n) is 8.08. The van der Waals surface area contributed by atoms with E-state index in [4.69, 9.17) is 15.6 Å². The quantitative estimate of drug-likeness (QED) is 0.331. The molecule has 1 aromatic carbocycles. The summed E-state index contributed by atoms with van der Waals surface area (Å²) in [6.45, 7) is 5.36. The molecule has 0 aliphatic heterocycles. The maximum atomic E-state index is 12.9. The molecule has 0 fully saturated rings. The molecule has 0 saturated heterocycles. The Balaban J connectivity index is 2.79. The number of carboxylic acid groups (broad SMARTS) is 1. The van der Waals surface area contributed by atoms with Crippen LogP contribution in [0, 0.1) is 0 Å². The van der Waals surface area contributed by atoms with E-state index in [-0.39, 0.29) is 19.4 Å². The van der Waals surface area contributed by atoms with Crippen LogP contribution in [0.1, 0.15) is 45.6 Å². The molecule has 10 nitrogen and oxygen atoms in total. The zero-order chi connectivity index (χ0) is 23.4. The zero-order valence-electron chi connectivity index (χ0n) is 18.1. The SMILES string of the molecule is CC(C)(C)OC(=O)N[C@@H](Cc1ccccc1)C(=O)N[C@@H](CCCCNC(=O)O)C(N)=O. The predicted molar refractivity (Wildman–Crippen MR) is 114 cm³/mol. The first kappa shape index (κ1) is 25.7. The molecule has 2 atom stereocenters. The van der Waals surface area contributed by atoms with Crippen LogP contribution in [-0.4, -0.2) is 53.3 Å². The molecule has 4 amide bonds. The van der Waals surface area contributed by atoms with Crippen LogP contribution < -0.4 is 21.7 Å². The van der Waals surface area contributed by atoms with Crippen molar-refractivity contribution < 1.29 is 29.0 Å². The normalized spacial score (nSPS) is 12.9. The van der Waals surface area contributed by atoms with Crippen LogP contribution in [0.3, 0.4) is 0 Å². The van der Waals surface area contributed by atoms with Gasteiger partial charge in [0, 0.05) is 13.0 Å². The first-order chi connectivity index (χ1) is 14.5. The van der Waals surface area contributed by atoms with Crippen molar-refractivity contribution in [3.63, 3.8) is 0 Å². The molecule has 31 heavy (non-hydrogen) atoms. The van der Waals surface area contributed by atoms with Crippen LogP contribution in [0.25, 0.3) is 0 Å². The molecule has 172 valence electrons. The Hall–Kier alpha value is -3.30. The monoisotopic (exact) mass is 436 g/mol. The molecule has 1 rings (SSSR count). The van der Waals surface area contributed by atoms with Crippen molar-refractivity contribution in [1.82, 2.24) is 16.0 Å². The minimum Gasteiger partial charge on any atom is -0.465 e. The van der Waals surface area contributed by atoms with Crippen LogP contribution in [0.4, 0.5) is 9.59 Å². The highest BCUT2D eigenvalue weighted by Gasteiger charge is 2.27. The summed E-state index contributed by atoms with van der Waals surface area (Å²) in [5.41, 5.74) is 5.49. The summed E-state index contributed by atoms with van der Waals surface area (Å²) < 4.78 is 5.24. The zero-order valence-corrected chi connectivity index (χ0v) is 18.1. The number of hydrogen-bond donors (Lipinski definition) is 5. The molecule has 0 aromatic heterocycles. The van der Waals surface area contributed by atoms with E-state index in [1.807, 2.05) is 30.3 Å². The maximum Gasteiger partial charge on any atom is 0.408 e. The second-order valence-corrected chi connectivity index (χ2v) is 8.08. The molecule has 1 aromatic rings. The van der Waals surface area contributed by atoms with E-state index in [1.54, 1.807) is 20.8 Å². The Labute approximate surface area is 181 Å². The van der Waals surface area contributed by atoms with Gasteiger partial charge in [0.1, 0.15) is 17.7 Å². The number of alkyl carbamates (subject to hydrolysis) is 1. The van der Waals surface area contributed by atoms with E-state index in [0.717, 1.165) is 5.56 Å².